The van der Waals surface area contributed by atoms with Crippen LogP contribution in [-0.2, 0) is 9.53 Å². The summed E-state index contributed by atoms with van der Waals surface area (Å²) in [4.78, 5) is 19.4. The van der Waals surface area contributed by atoms with E-state index in [0.717, 1.165) is 11.1 Å². The lowest BCUT2D eigenvalue weighted by Crippen LogP contribution is -2.01. The van der Waals surface area contributed by atoms with Crippen molar-refractivity contribution in [2.24, 2.45) is 0 Å². The van der Waals surface area contributed by atoms with Crippen molar-refractivity contribution in [2.45, 2.75) is 0 Å². The molecule has 0 fully saturated rings. The fourth-order valence-electron chi connectivity index (χ4n) is 1.78. The van der Waals surface area contributed by atoms with Crippen LogP contribution in [0.4, 0.5) is 11.8 Å². The number of hydrogen-bond donors (Lipinski definition) is 2. The minimum absolute atomic E-state index is 0.201. The smallest absolute Gasteiger partial charge is 0.330 e. The highest BCUT2D eigenvalue weighted by atomic mass is 16.5. The van der Waals surface area contributed by atoms with E-state index in [-0.39, 0.29) is 5.95 Å². The number of methoxy groups -OCH3 is 1. The summed E-state index contributed by atoms with van der Waals surface area (Å²) in [7, 11) is 3.10. The van der Waals surface area contributed by atoms with Gasteiger partial charge in [0.2, 0.25) is 5.95 Å². The Labute approximate surface area is 122 Å². The van der Waals surface area contributed by atoms with Gasteiger partial charge in [-0.25, -0.2) is 9.78 Å². The molecule has 1 aromatic carbocycles. The van der Waals surface area contributed by atoms with Crippen LogP contribution in [0.1, 0.15) is 5.56 Å². The molecule has 0 aliphatic rings. The zero-order valence-electron chi connectivity index (χ0n) is 11.8. The third-order valence-electron chi connectivity index (χ3n) is 2.80. The largest absolute Gasteiger partial charge is 0.466 e. The molecule has 0 bridgehead atoms. The van der Waals surface area contributed by atoms with Crippen LogP contribution in [0.25, 0.3) is 17.3 Å². The Kier molecular flexibility index (Phi) is 4.50. The minimum Gasteiger partial charge on any atom is -0.466 e. The number of nitrogens with one attached hydrogen (secondary N) is 1. The van der Waals surface area contributed by atoms with Gasteiger partial charge in [-0.2, -0.15) is 4.98 Å². The second-order valence-electron chi connectivity index (χ2n) is 4.23. The summed E-state index contributed by atoms with van der Waals surface area (Å²) < 4.78 is 4.56. The normalized spacial score (nSPS) is 10.6. The predicted octanol–water partition coefficient (Wildman–Crippen LogP) is 1.95. The van der Waals surface area contributed by atoms with Crippen molar-refractivity contribution >= 4 is 23.8 Å². The van der Waals surface area contributed by atoms with Crippen molar-refractivity contribution in [3.05, 3.63) is 42.0 Å². The van der Waals surface area contributed by atoms with E-state index in [1.165, 1.54) is 13.2 Å². The Balaban J connectivity index is 2.35. The van der Waals surface area contributed by atoms with E-state index in [1.807, 2.05) is 24.3 Å². The van der Waals surface area contributed by atoms with E-state index in [1.54, 1.807) is 19.2 Å². The zero-order valence-corrected chi connectivity index (χ0v) is 11.8. The number of nitrogens with zero attached hydrogens (tertiary/aromatic N) is 2. The fraction of sp³-hybridized carbons (Fsp3) is 0.133. The van der Waals surface area contributed by atoms with Gasteiger partial charge in [0.1, 0.15) is 5.82 Å². The number of carbonyl (C=O) groups excluding carboxylic acids is 1. The number of hydrogen-bond acceptors (Lipinski definition) is 6. The zero-order chi connectivity index (χ0) is 15.2. The quantitative estimate of drug-likeness (QED) is 0.659. The van der Waals surface area contributed by atoms with E-state index in [2.05, 4.69) is 20.0 Å². The molecular formula is C15H16N4O2. The van der Waals surface area contributed by atoms with Crippen LogP contribution in [0.3, 0.4) is 0 Å². The summed E-state index contributed by atoms with van der Waals surface area (Å²) in [5.41, 5.74) is 8.14. The van der Waals surface area contributed by atoms with E-state index in [9.17, 15) is 4.79 Å². The molecule has 108 valence electrons. The number of anilines is 2. The lowest BCUT2D eigenvalue weighted by Gasteiger charge is -2.06. The summed E-state index contributed by atoms with van der Waals surface area (Å²) >= 11 is 0. The average molecular weight is 284 g/mol. The van der Waals surface area contributed by atoms with Crippen LogP contribution >= 0.6 is 0 Å². The second kappa shape index (κ2) is 6.51. The van der Waals surface area contributed by atoms with Crippen molar-refractivity contribution in [1.29, 1.82) is 0 Å². The molecule has 1 aromatic heterocycles. The van der Waals surface area contributed by atoms with Gasteiger partial charge in [0.15, 0.2) is 0 Å². The Morgan fingerprint density at radius 1 is 1.33 bits per heavy atom. The maximum absolute atomic E-state index is 11.1. The molecule has 0 saturated carbocycles. The molecule has 0 spiro atoms. The van der Waals surface area contributed by atoms with E-state index < -0.39 is 5.97 Å². The first kappa shape index (κ1) is 14.5. The number of nitrogens with two attached hydrogens (primary N) is 1. The number of rotatable bonds is 4. The third kappa shape index (κ3) is 3.79. The molecule has 1 heterocycles. The molecule has 2 aromatic rings. The van der Waals surface area contributed by atoms with Crippen LogP contribution in [0, 0.1) is 0 Å². The first-order valence-corrected chi connectivity index (χ1v) is 6.31. The van der Waals surface area contributed by atoms with Gasteiger partial charge >= 0.3 is 5.97 Å². The highest BCUT2D eigenvalue weighted by Gasteiger charge is 2.04. The molecule has 0 saturated heterocycles. The Hall–Kier alpha value is -2.89. The molecule has 6 heteroatoms. The van der Waals surface area contributed by atoms with Gasteiger partial charge in [-0.3, -0.25) is 0 Å². The van der Waals surface area contributed by atoms with Crippen molar-refractivity contribution in [3.63, 3.8) is 0 Å². The van der Waals surface area contributed by atoms with Crippen LogP contribution < -0.4 is 11.1 Å². The van der Waals surface area contributed by atoms with E-state index in [4.69, 9.17) is 5.73 Å². The molecule has 21 heavy (non-hydrogen) atoms. The molecule has 6 nitrogen and oxygen atoms in total. The first-order chi connectivity index (χ1) is 10.1. The van der Waals surface area contributed by atoms with Gasteiger partial charge in [0.05, 0.1) is 12.8 Å². The molecule has 0 atom stereocenters. The molecule has 0 aliphatic carbocycles. The van der Waals surface area contributed by atoms with Crippen LogP contribution in [0.2, 0.25) is 0 Å². The molecule has 0 aliphatic heterocycles. The minimum atomic E-state index is -0.399. The topological polar surface area (TPSA) is 90.1 Å². The van der Waals surface area contributed by atoms with Crippen LogP contribution in [0.15, 0.2) is 36.4 Å². The molecular weight excluding hydrogens is 268 g/mol. The summed E-state index contributed by atoms with van der Waals surface area (Å²) in [6.45, 7) is 0. The number of carbonyl (C=O) groups is 1. The van der Waals surface area contributed by atoms with Crippen molar-refractivity contribution in [2.75, 3.05) is 25.2 Å². The van der Waals surface area contributed by atoms with Crippen LogP contribution in [-0.4, -0.2) is 30.1 Å². The van der Waals surface area contributed by atoms with Gasteiger partial charge in [-0.1, -0.05) is 18.2 Å². The standard InChI is InChI=1S/C15H16N4O2/c1-17-13-9-12(18-15(16)19-13)11-5-3-4-10(8-11)6-7-14(20)21-2/h3-9H,1-2H3,(H3,16,17,18,19)/b7-6+. The number of benzene rings is 1. The maximum atomic E-state index is 11.1. The maximum Gasteiger partial charge on any atom is 0.330 e. The van der Waals surface area contributed by atoms with Crippen molar-refractivity contribution < 1.29 is 9.53 Å². The lowest BCUT2D eigenvalue weighted by atomic mass is 10.1. The van der Waals surface area contributed by atoms with Crippen molar-refractivity contribution in [1.82, 2.24) is 9.97 Å². The average Bonchev–Trinajstić information content (AvgIpc) is 2.52. The predicted molar refractivity (Wildman–Crippen MR) is 82.5 cm³/mol. The fourth-order valence-corrected chi connectivity index (χ4v) is 1.78. The summed E-state index contributed by atoms with van der Waals surface area (Å²) in [6.07, 6.45) is 3.05. The first-order valence-electron chi connectivity index (χ1n) is 6.31. The molecule has 0 unspecified atom stereocenters. The van der Waals surface area contributed by atoms with Gasteiger partial charge in [0.25, 0.3) is 0 Å². The third-order valence-corrected chi connectivity index (χ3v) is 2.80. The lowest BCUT2D eigenvalue weighted by molar-refractivity contribution is -0.134. The number of esters is 1. The monoisotopic (exact) mass is 284 g/mol. The summed E-state index contributed by atoms with van der Waals surface area (Å²) in [5, 5.41) is 2.93. The van der Waals surface area contributed by atoms with Gasteiger partial charge < -0.3 is 15.8 Å². The highest BCUT2D eigenvalue weighted by Crippen LogP contribution is 2.22. The van der Waals surface area contributed by atoms with Crippen LogP contribution in [0.5, 0.6) is 0 Å². The van der Waals surface area contributed by atoms with Gasteiger partial charge in [-0.05, 0) is 17.7 Å². The van der Waals surface area contributed by atoms with E-state index >= 15 is 0 Å². The molecule has 3 N–H and O–H groups in total. The second-order valence-corrected chi connectivity index (χ2v) is 4.23. The molecule has 2 rings (SSSR count). The number of aromatic nitrogens is 2. The summed E-state index contributed by atoms with van der Waals surface area (Å²) in [5.74, 6) is 0.449. The van der Waals surface area contributed by atoms with Gasteiger partial charge in [0, 0.05) is 24.8 Å². The molecule has 0 radical (unpaired) electrons. The summed E-state index contributed by atoms with van der Waals surface area (Å²) in [6, 6.07) is 9.38. The Morgan fingerprint density at radius 3 is 2.86 bits per heavy atom. The Bertz CT molecular complexity index is 683. The van der Waals surface area contributed by atoms with Crippen molar-refractivity contribution in [3.8, 4) is 11.3 Å². The SMILES string of the molecule is CNc1cc(-c2cccc(/C=C/C(=O)OC)c2)nc(N)n1. The number of nitrogen functional groups attached to an aromatic ring is 1. The number of ether oxygens (including phenoxy) is 1. The van der Waals surface area contributed by atoms with Gasteiger partial charge in [-0.15, -0.1) is 0 Å². The Morgan fingerprint density at radius 2 is 2.14 bits per heavy atom. The highest BCUT2D eigenvalue weighted by molar-refractivity contribution is 5.87. The van der Waals surface area contributed by atoms with E-state index in [0.29, 0.717) is 11.5 Å². The molecule has 0 amide bonds.